The molecule has 0 bridgehead atoms. The molecule has 0 unspecified atom stereocenters. The lowest BCUT2D eigenvalue weighted by Crippen LogP contribution is -2.37. The number of aryl methyl sites for hydroxylation is 1. The highest BCUT2D eigenvalue weighted by molar-refractivity contribution is 6.34. The van der Waals surface area contributed by atoms with Crippen LogP contribution in [0.15, 0.2) is 51.7 Å². The minimum Gasteiger partial charge on any atom is -0.490 e. The second-order valence-electron chi connectivity index (χ2n) is 7.44. The Morgan fingerprint density at radius 1 is 1.20 bits per heavy atom. The Hall–Kier alpha value is -2.83. The smallest absolute Gasteiger partial charge is 0.306 e. The first-order valence-corrected chi connectivity index (χ1v) is 10.1. The van der Waals surface area contributed by atoms with Gasteiger partial charge in [-0.25, -0.2) is 0 Å². The number of para-hydroxylation sites is 1. The number of hydrogen-bond donors (Lipinski definition) is 1. The molecule has 1 aliphatic rings. The predicted octanol–water partition coefficient (Wildman–Crippen LogP) is 4.68. The van der Waals surface area contributed by atoms with E-state index in [4.69, 9.17) is 30.6 Å². The second kappa shape index (κ2) is 8.50. The van der Waals surface area contributed by atoms with E-state index in [0.29, 0.717) is 59.1 Å². The summed E-state index contributed by atoms with van der Waals surface area (Å²) in [6.45, 7) is 2.58. The summed E-state index contributed by atoms with van der Waals surface area (Å²) in [7, 11) is 0. The van der Waals surface area contributed by atoms with Crippen LogP contribution in [0.5, 0.6) is 5.75 Å². The molecule has 0 amide bonds. The summed E-state index contributed by atoms with van der Waals surface area (Å²) in [5.74, 6) is -0.131. The fraction of sp³-hybridized carbons (Fsp3) is 0.304. The van der Waals surface area contributed by atoms with E-state index in [1.165, 1.54) is 6.07 Å². The van der Waals surface area contributed by atoms with Gasteiger partial charge in [-0.15, -0.1) is 0 Å². The zero-order chi connectivity index (χ0) is 21.3. The number of hydrogen-bond acceptors (Lipinski definition) is 5. The zero-order valence-corrected chi connectivity index (χ0v) is 17.1. The molecule has 1 fully saturated rings. The van der Waals surface area contributed by atoms with Crippen LogP contribution in [0.4, 0.5) is 0 Å². The number of halogens is 1. The lowest BCUT2D eigenvalue weighted by molar-refractivity contribution is -0.151. The Bertz CT molecular complexity index is 1150. The van der Waals surface area contributed by atoms with Crippen LogP contribution in [-0.4, -0.2) is 30.4 Å². The van der Waals surface area contributed by atoms with Crippen LogP contribution < -0.4 is 10.2 Å². The Morgan fingerprint density at radius 2 is 2.00 bits per heavy atom. The summed E-state index contributed by atoms with van der Waals surface area (Å²) in [5, 5.41) is 9.71. The SMILES string of the molecule is Cc1ccc(OCCO[C@H]2C[C@@H](C(=O)O)C2)c(-c2cc(=O)c3cccc(Cl)c3o2)c1. The molecule has 0 atom stereocenters. The summed E-state index contributed by atoms with van der Waals surface area (Å²) >= 11 is 6.22. The molecule has 0 saturated heterocycles. The Kier molecular flexibility index (Phi) is 5.79. The van der Waals surface area contributed by atoms with Gasteiger partial charge in [-0.2, -0.15) is 0 Å². The van der Waals surface area contributed by atoms with Crippen molar-refractivity contribution >= 4 is 28.5 Å². The van der Waals surface area contributed by atoms with Gasteiger partial charge >= 0.3 is 5.97 Å². The molecule has 0 radical (unpaired) electrons. The maximum atomic E-state index is 12.5. The number of rotatable bonds is 7. The highest BCUT2D eigenvalue weighted by Crippen LogP contribution is 2.34. The van der Waals surface area contributed by atoms with E-state index in [9.17, 15) is 9.59 Å². The average Bonchev–Trinajstić information content (AvgIpc) is 2.67. The minimum absolute atomic E-state index is 0.0344. The molecule has 1 aromatic heterocycles. The maximum absolute atomic E-state index is 12.5. The van der Waals surface area contributed by atoms with Gasteiger partial charge in [-0.05, 0) is 44.0 Å². The molecule has 0 spiro atoms. The van der Waals surface area contributed by atoms with Crippen LogP contribution in [0, 0.1) is 12.8 Å². The summed E-state index contributed by atoms with van der Waals surface area (Å²) in [5.41, 5.74) is 1.81. The van der Waals surface area contributed by atoms with Gasteiger partial charge in [0.15, 0.2) is 11.0 Å². The maximum Gasteiger partial charge on any atom is 0.306 e. The van der Waals surface area contributed by atoms with Crippen molar-refractivity contribution in [3.8, 4) is 17.1 Å². The van der Waals surface area contributed by atoms with E-state index < -0.39 is 5.97 Å². The topological polar surface area (TPSA) is 86.0 Å². The molecular formula is C23H21ClO6. The van der Waals surface area contributed by atoms with E-state index in [1.54, 1.807) is 18.2 Å². The molecule has 1 saturated carbocycles. The third kappa shape index (κ3) is 4.20. The molecule has 1 heterocycles. The van der Waals surface area contributed by atoms with Gasteiger partial charge in [-0.3, -0.25) is 9.59 Å². The number of carboxylic acid groups (broad SMARTS) is 1. The van der Waals surface area contributed by atoms with Crippen LogP contribution >= 0.6 is 11.6 Å². The number of ether oxygens (including phenoxy) is 2. The molecule has 1 N–H and O–H groups in total. The van der Waals surface area contributed by atoms with Gasteiger partial charge in [0.2, 0.25) is 0 Å². The molecule has 6 nitrogen and oxygen atoms in total. The molecule has 30 heavy (non-hydrogen) atoms. The van der Waals surface area contributed by atoms with Crippen LogP contribution in [0.2, 0.25) is 5.02 Å². The number of benzene rings is 2. The number of fused-ring (bicyclic) bond motifs is 1. The van der Waals surface area contributed by atoms with Gasteiger partial charge in [0.05, 0.1) is 34.6 Å². The number of aliphatic carboxylic acids is 1. The van der Waals surface area contributed by atoms with Gasteiger partial charge < -0.3 is 19.0 Å². The van der Waals surface area contributed by atoms with Crippen molar-refractivity contribution in [1.82, 2.24) is 0 Å². The van der Waals surface area contributed by atoms with Crippen molar-refractivity contribution < 1.29 is 23.8 Å². The lowest BCUT2D eigenvalue weighted by Gasteiger charge is -2.32. The molecule has 156 valence electrons. The number of carbonyl (C=O) groups is 1. The Labute approximate surface area is 178 Å². The van der Waals surface area contributed by atoms with E-state index in [1.807, 2.05) is 25.1 Å². The monoisotopic (exact) mass is 428 g/mol. The van der Waals surface area contributed by atoms with Crippen LogP contribution in [-0.2, 0) is 9.53 Å². The van der Waals surface area contributed by atoms with Crippen molar-refractivity contribution in [3.05, 3.63) is 63.3 Å². The van der Waals surface area contributed by atoms with E-state index in [-0.39, 0.29) is 17.5 Å². The van der Waals surface area contributed by atoms with Crippen LogP contribution in [0.3, 0.4) is 0 Å². The largest absolute Gasteiger partial charge is 0.490 e. The van der Waals surface area contributed by atoms with Crippen molar-refractivity contribution in [2.45, 2.75) is 25.9 Å². The highest BCUT2D eigenvalue weighted by Gasteiger charge is 2.34. The molecule has 0 aliphatic heterocycles. The molecule has 1 aliphatic carbocycles. The van der Waals surface area contributed by atoms with Crippen LogP contribution in [0.1, 0.15) is 18.4 Å². The van der Waals surface area contributed by atoms with E-state index in [2.05, 4.69) is 0 Å². The summed E-state index contributed by atoms with van der Waals surface area (Å²) in [4.78, 5) is 23.4. The quantitative estimate of drug-likeness (QED) is 0.550. The molecular weight excluding hydrogens is 408 g/mol. The van der Waals surface area contributed by atoms with Crippen molar-refractivity contribution in [2.75, 3.05) is 13.2 Å². The third-order valence-electron chi connectivity index (χ3n) is 5.25. The van der Waals surface area contributed by atoms with E-state index >= 15 is 0 Å². The Balaban J connectivity index is 1.50. The van der Waals surface area contributed by atoms with Crippen LogP contribution in [0.25, 0.3) is 22.3 Å². The first-order chi connectivity index (χ1) is 14.4. The third-order valence-corrected chi connectivity index (χ3v) is 5.54. The standard InChI is InChI=1S/C23H21ClO6/c1-13-5-6-20(29-8-7-28-15-10-14(11-15)23(26)27)17(9-13)21-12-19(25)16-3-2-4-18(24)22(16)30-21/h2-6,9,12,14-15H,7-8,10-11H2,1H3,(H,26,27)/t14-,15+. The first-order valence-electron chi connectivity index (χ1n) is 9.73. The fourth-order valence-corrected chi connectivity index (χ4v) is 3.72. The van der Waals surface area contributed by atoms with E-state index in [0.717, 1.165) is 5.56 Å². The second-order valence-corrected chi connectivity index (χ2v) is 7.85. The predicted molar refractivity (Wildman–Crippen MR) is 113 cm³/mol. The Morgan fingerprint density at radius 3 is 2.77 bits per heavy atom. The molecule has 2 aromatic carbocycles. The van der Waals surface area contributed by atoms with Crippen molar-refractivity contribution in [3.63, 3.8) is 0 Å². The van der Waals surface area contributed by atoms with Gasteiger partial charge in [-0.1, -0.05) is 29.3 Å². The number of carboxylic acids is 1. The minimum atomic E-state index is -0.771. The highest BCUT2D eigenvalue weighted by atomic mass is 35.5. The zero-order valence-electron chi connectivity index (χ0n) is 16.4. The fourth-order valence-electron chi connectivity index (χ4n) is 3.51. The normalized spacial score (nSPS) is 18.2. The van der Waals surface area contributed by atoms with Gasteiger partial charge in [0.25, 0.3) is 0 Å². The van der Waals surface area contributed by atoms with Crippen molar-refractivity contribution in [2.24, 2.45) is 5.92 Å². The summed E-state index contributed by atoms with van der Waals surface area (Å²) in [6.07, 6.45) is 1.04. The summed E-state index contributed by atoms with van der Waals surface area (Å²) in [6, 6.07) is 12.1. The van der Waals surface area contributed by atoms with Crippen molar-refractivity contribution in [1.29, 1.82) is 0 Å². The average molecular weight is 429 g/mol. The molecule has 4 rings (SSSR count). The van der Waals surface area contributed by atoms with Gasteiger partial charge in [0, 0.05) is 6.07 Å². The van der Waals surface area contributed by atoms with Gasteiger partial charge in [0.1, 0.15) is 18.1 Å². The first kappa shape index (κ1) is 20.4. The summed E-state index contributed by atoms with van der Waals surface area (Å²) < 4.78 is 17.5. The molecule has 7 heteroatoms. The molecule has 3 aromatic rings. The lowest BCUT2D eigenvalue weighted by atomic mass is 9.82.